The summed E-state index contributed by atoms with van der Waals surface area (Å²) >= 11 is 0. The molecule has 0 heterocycles. The molecule has 0 saturated heterocycles. The minimum atomic E-state index is -4.96. The van der Waals surface area contributed by atoms with Gasteiger partial charge in [-0.15, -0.1) is 0 Å². The van der Waals surface area contributed by atoms with Gasteiger partial charge in [-0.05, 0) is 49.4 Å². The molecule has 17 nitrogen and oxygen atoms in total. The van der Waals surface area contributed by atoms with E-state index in [0.717, 1.165) is 108 Å². The molecular weight excluding hydrogens is 1220 g/mol. The zero-order valence-electron chi connectivity index (χ0n) is 60.9. The number of phosphoric ester groups is 2. The van der Waals surface area contributed by atoms with Gasteiger partial charge in [0, 0.05) is 25.7 Å². The average molecular weight is 1370 g/mol. The molecule has 0 aromatic carbocycles. The number of ether oxygens (including phenoxy) is 4. The number of aliphatic hydroxyl groups is 1. The molecule has 0 rings (SSSR count). The van der Waals surface area contributed by atoms with Gasteiger partial charge in [0.15, 0.2) is 12.2 Å². The summed E-state index contributed by atoms with van der Waals surface area (Å²) in [4.78, 5) is 72.6. The average Bonchev–Trinajstić information content (AvgIpc) is 2.15. The number of esters is 4. The number of rotatable bonds is 71. The molecule has 552 valence electrons. The second kappa shape index (κ2) is 63.5. The maximum absolute atomic E-state index is 13.1. The van der Waals surface area contributed by atoms with E-state index in [1.165, 1.54) is 167 Å². The van der Waals surface area contributed by atoms with Gasteiger partial charge in [-0.2, -0.15) is 0 Å². The van der Waals surface area contributed by atoms with Crippen LogP contribution in [0.1, 0.15) is 370 Å². The molecule has 19 heteroatoms. The van der Waals surface area contributed by atoms with Crippen LogP contribution < -0.4 is 0 Å². The monoisotopic (exact) mass is 1370 g/mol. The van der Waals surface area contributed by atoms with Crippen LogP contribution in [0.15, 0.2) is 0 Å². The van der Waals surface area contributed by atoms with Crippen molar-refractivity contribution in [2.75, 3.05) is 39.6 Å². The molecule has 0 aromatic rings. The number of carbonyl (C=O) groups excluding carboxylic acids is 4. The van der Waals surface area contributed by atoms with Gasteiger partial charge in [0.1, 0.15) is 19.3 Å². The van der Waals surface area contributed by atoms with Crippen LogP contribution in [0.25, 0.3) is 0 Å². The van der Waals surface area contributed by atoms with Gasteiger partial charge in [0.25, 0.3) is 0 Å². The highest BCUT2D eigenvalue weighted by Crippen LogP contribution is 2.45. The quantitative estimate of drug-likeness (QED) is 0.0222. The van der Waals surface area contributed by atoms with Crippen LogP contribution in [0.5, 0.6) is 0 Å². The molecule has 5 atom stereocenters. The van der Waals surface area contributed by atoms with E-state index in [9.17, 15) is 43.2 Å². The Bertz CT molecular complexity index is 1830. The molecule has 0 bridgehead atoms. The lowest BCUT2D eigenvalue weighted by atomic mass is 10.0. The predicted octanol–water partition coefficient (Wildman–Crippen LogP) is 21.3. The molecule has 0 fully saturated rings. The maximum Gasteiger partial charge on any atom is 0.472 e. The molecule has 0 aliphatic heterocycles. The standard InChI is InChI=1S/C74H144O17P2/c1-64(2)50-42-34-26-22-18-15-13-11-9-10-12-14-16-20-25-29-40-48-56-73(78)90-69(60-84-71(76)54-46-38-28-24-21-17-19-23-27-35-43-51-65(3)4)62-88-92(80,81)86-58-68(75)59-87-93(82,83)89-63-70(91-74(79)57-49-41-33-31-37-45-53-67(7)8)61-85-72(77)55-47-39-32-30-36-44-52-66(5)6/h64-70,75H,9-63H2,1-8H3,(H,80,81)(H,82,83)/t68-,69-,70-/m1/s1. The Labute approximate surface area is 568 Å². The lowest BCUT2D eigenvalue weighted by Gasteiger charge is -2.21. The topological polar surface area (TPSA) is 237 Å². The van der Waals surface area contributed by atoms with Crippen LogP contribution >= 0.6 is 15.6 Å². The van der Waals surface area contributed by atoms with Gasteiger partial charge >= 0.3 is 39.5 Å². The first-order valence-electron chi connectivity index (χ1n) is 38.2. The van der Waals surface area contributed by atoms with Crippen molar-refractivity contribution in [3.05, 3.63) is 0 Å². The first-order valence-corrected chi connectivity index (χ1v) is 41.2. The van der Waals surface area contributed by atoms with E-state index >= 15 is 0 Å². The normalized spacial score (nSPS) is 14.2. The van der Waals surface area contributed by atoms with E-state index in [2.05, 4.69) is 55.4 Å². The summed E-state index contributed by atoms with van der Waals surface area (Å²) in [5.74, 6) is 0.809. The van der Waals surface area contributed by atoms with Gasteiger partial charge in [0.2, 0.25) is 0 Å². The summed E-state index contributed by atoms with van der Waals surface area (Å²) in [6.45, 7) is 14.0. The van der Waals surface area contributed by atoms with Crippen molar-refractivity contribution in [3.8, 4) is 0 Å². The van der Waals surface area contributed by atoms with E-state index < -0.39 is 97.5 Å². The molecule has 0 radical (unpaired) electrons. The number of unbranched alkanes of at least 4 members (excludes halogenated alkanes) is 37. The van der Waals surface area contributed by atoms with Crippen molar-refractivity contribution in [1.82, 2.24) is 0 Å². The molecule has 0 spiro atoms. The zero-order chi connectivity index (χ0) is 68.9. The highest BCUT2D eigenvalue weighted by molar-refractivity contribution is 7.47. The van der Waals surface area contributed by atoms with Crippen LogP contribution in [0.3, 0.4) is 0 Å². The fourth-order valence-corrected chi connectivity index (χ4v) is 12.8. The summed E-state index contributed by atoms with van der Waals surface area (Å²) in [5, 5.41) is 10.6. The van der Waals surface area contributed by atoms with E-state index in [0.29, 0.717) is 37.5 Å². The van der Waals surface area contributed by atoms with Gasteiger partial charge in [0.05, 0.1) is 26.4 Å². The number of hydrogen-bond donors (Lipinski definition) is 3. The summed E-state index contributed by atoms with van der Waals surface area (Å²) in [6.07, 6.45) is 47.7. The Morgan fingerprint density at radius 2 is 0.452 bits per heavy atom. The largest absolute Gasteiger partial charge is 0.472 e. The SMILES string of the molecule is CC(C)CCCCCCCCCCCCCCCCCCCCC(=O)O[C@H](COC(=O)CCCCCCCCCCCCCC(C)C)COP(=O)(O)OC[C@@H](O)COP(=O)(O)OC[C@@H](COC(=O)CCCCCCCCC(C)C)OC(=O)CCCCCCCCC(C)C. The summed E-state index contributed by atoms with van der Waals surface area (Å²) < 4.78 is 68.3. The lowest BCUT2D eigenvalue weighted by Crippen LogP contribution is -2.30. The van der Waals surface area contributed by atoms with Gasteiger partial charge in [-0.25, -0.2) is 9.13 Å². The van der Waals surface area contributed by atoms with Crippen molar-refractivity contribution in [2.24, 2.45) is 23.7 Å². The predicted molar refractivity (Wildman–Crippen MR) is 377 cm³/mol. The first-order chi connectivity index (χ1) is 44.6. The molecule has 0 aromatic heterocycles. The number of aliphatic hydroxyl groups excluding tert-OH is 1. The third kappa shape index (κ3) is 68.4. The summed E-state index contributed by atoms with van der Waals surface area (Å²) in [7, 11) is -9.90. The second-order valence-corrected chi connectivity index (χ2v) is 31.5. The van der Waals surface area contributed by atoms with Crippen LogP contribution in [0.2, 0.25) is 0 Å². The Morgan fingerprint density at radius 3 is 0.667 bits per heavy atom. The summed E-state index contributed by atoms with van der Waals surface area (Å²) in [6, 6.07) is 0. The third-order valence-corrected chi connectivity index (χ3v) is 19.0. The van der Waals surface area contributed by atoms with Crippen LogP contribution in [0, 0.1) is 23.7 Å². The highest BCUT2D eigenvalue weighted by atomic mass is 31.2. The smallest absolute Gasteiger partial charge is 0.462 e. The Morgan fingerprint density at radius 1 is 0.269 bits per heavy atom. The number of hydrogen-bond acceptors (Lipinski definition) is 15. The van der Waals surface area contributed by atoms with E-state index in [4.69, 9.17) is 37.0 Å². The molecule has 3 N–H and O–H groups in total. The second-order valence-electron chi connectivity index (χ2n) is 28.6. The fourth-order valence-electron chi connectivity index (χ4n) is 11.2. The molecule has 0 saturated carbocycles. The Kier molecular flexibility index (Phi) is 62.2. The van der Waals surface area contributed by atoms with E-state index in [-0.39, 0.29) is 25.7 Å². The van der Waals surface area contributed by atoms with Gasteiger partial charge in [-0.3, -0.25) is 37.3 Å². The van der Waals surface area contributed by atoms with Gasteiger partial charge < -0.3 is 33.8 Å². The fraction of sp³-hybridized carbons (Fsp3) is 0.946. The van der Waals surface area contributed by atoms with Crippen LogP contribution in [-0.4, -0.2) is 96.7 Å². The van der Waals surface area contributed by atoms with Crippen LogP contribution in [-0.2, 0) is 65.4 Å². The minimum absolute atomic E-state index is 0.101. The van der Waals surface area contributed by atoms with Crippen LogP contribution in [0.4, 0.5) is 0 Å². The third-order valence-electron chi connectivity index (χ3n) is 17.1. The highest BCUT2D eigenvalue weighted by Gasteiger charge is 2.30. The van der Waals surface area contributed by atoms with E-state index in [1.54, 1.807) is 0 Å². The number of carbonyl (C=O) groups is 4. The zero-order valence-corrected chi connectivity index (χ0v) is 62.7. The lowest BCUT2D eigenvalue weighted by molar-refractivity contribution is -0.161. The van der Waals surface area contributed by atoms with Crippen molar-refractivity contribution in [2.45, 2.75) is 388 Å². The van der Waals surface area contributed by atoms with Crippen molar-refractivity contribution >= 4 is 39.5 Å². The molecule has 0 amide bonds. The molecule has 0 aliphatic rings. The number of phosphoric acid groups is 2. The Hall–Kier alpha value is -1.94. The van der Waals surface area contributed by atoms with Crippen molar-refractivity contribution < 1.29 is 80.2 Å². The first kappa shape index (κ1) is 91.1. The summed E-state index contributed by atoms with van der Waals surface area (Å²) in [5.41, 5.74) is 0. The minimum Gasteiger partial charge on any atom is -0.462 e. The maximum atomic E-state index is 13.1. The van der Waals surface area contributed by atoms with Crippen molar-refractivity contribution in [1.29, 1.82) is 0 Å². The molecule has 2 unspecified atom stereocenters. The molecule has 93 heavy (non-hydrogen) atoms. The molecule has 0 aliphatic carbocycles. The van der Waals surface area contributed by atoms with Crippen molar-refractivity contribution in [3.63, 3.8) is 0 Å². The van der Waals surface area contributed by atoms with Gasteiger partial charge in [-0.1, -0.05) is 319 Å². The molecular formula is C74H144O17P2. The Balaban J connectivity index is 5.18. The van der Waals surface area contributed by atoms with E-state index in [1.807, 2.05) is 0 Å².